The molecule has 0 atom stereocenters. The molecule has 2 nitrogen and oxygen atoms in total. The van der Waals surface area contributed by atoms with Crippen LogP contribution >= 0.6 is 0 Å². The van der Waals surface area contributed by atoms with E-state index in [1.54, 1.807) is 0 Å². The average molecular weight is 303 g/mol. The third-order valence-corrected chi connectivity index (χ3v) is 4.08. The minimum atomic E-state index is 0.502. The van der Waals surface area contributed by atoms with Gasteiger partial charge >= 0.3 is 0 Å². The Bertz CT molecular complexity index is 178. The van der Waals surface area contributed by atoms with Crippen LogP contribution in [0.4, 0.5) is 0 Å². The van der Waals surface area contributed by atoms with Gasteiger partial charge in [0.1, 0.15) is 0 Å². The molecule has 0 aliphatic rings. The maximum absolute atomic E-state index is 4.85. The van der Waals surface area contributed by atoms with Crippen LogP contribution in [0.3, 0.4) is 0 Å². The van der Waals surface area contributed by atoms with Gasteiger partial charge in [-0.2, -0.15) is 0 Å². The predicted octanol–water partition coefficient (Wildman–Crippen LogP) is 5.60. The third kappa shape index (κ3) is 13.3. The van der Waals surface area contributed by atoms with Crippen LogP contribution in [0.5, 0.6) is 0 Å². The molecule has 0 saturated carbocycles. The standard InChI is InChI=1S/C15H32.2C2H7N/c1-8-11-14(4,5)13(10-3)15(6,7)12-9-2;2*1-2-3/h13H,8-12H2,1-7H3;2*2-3H2,1H3. The largest absolute Gasteiger partial charge is 0.331 e. The van der Waals surface area contributed by atoms with Crippen LogP contribution in [0.1, 0.15) is 94.4 Å². The second kappa shape index (κ2) is 14.8. The predicted molar refractivity (Wildman–Crippen MR) is 101 cm³/mol. The quantitative estimate of drug-likeness (QED) is 0.643. The van der Waals surface area contributed by atoms with Gasteiger partial charge in [0.15, 0.2) is 0 Å². The van der Waals surface area contributed by atoms with Crippen molar-refractivity contribution in [3.63, 3.8) is 0 Å². The Hall–Kier alpha value is -0.0800. The number of nitrogens with two attached hydrogens (primary N) is 2. The maximum atomic E-state index is 4.85. The fraction of sp³-hybridized carbons (Fsp3) is 1.00. The van der Waals surface area contributed by atoms with E-state index in [0.717, 1.165) is 19.0 Å². The zero-order valence-corrected chi connectivity index (χ0v) is 16.7. The highest BCUT2D eigenvalue weighted by Gasteiger charge is 2.37. The normalized spacial score (nSPS) is 11.4. The molecular formula is C19H46N2. The van der Waals surface area contributed by atoms with E-state index in [1.165, 1.54) is 32.1 Å². The molecule has 0 aromatic rings. The molecule has 0 unspecified atom stereocenters. The van der Waals surface area contributed by atoms with Gasteiger partial charge in [-0.25, -0.2) is 0 Å². The summed E-state index contributed by atoms with van der Waals surface area (Å²) in [6.07, 6.45) is 6.66. The molecule has 0 amide bonds. The van der Waals surface area contributed by atoms with E-state index < -0.39 is 0 Å². The van der Waals surface area contributed by atoms with Gasteiger partial charge in [0.25, 0.3) is 0 Å². The molecule has 0 bridgehead atoms. The molecule has 132 valence electrons. The molecule has 0 aromatic heterocycles. The second-order valence-corrected chi connectivity index (χ2v) is 7.25. The van der Waals surface area contributed by atoms with Gasteiger partial charge in [-0.1, -0.05) is 81.6 Å². The summed E-state index contributed by atoms with van der Waals surface area (Å²) in [5.74, 6) is 0.852. The lowest BCUT2D eigenvalue weighted by molar-refractivity contribution is 0.0528. The summed E-state index contributed by atoms with van der Waals surface area (Å²) >= 11 is 0. The van der Waals surface area contributed by atoms with Crippen LogP contribution in [-0.4, -0.2) is 13.1 Å². The Labute approximate surface area is 136 Å². The molecule has 0 radical (unpaired) electrons. The molecule has 0 aromatic carbocycles. The summed E-state index contributed by atoms with van der Waals surface area (Å²) in [7, 11) is 0. The van der Waals surface area contributed by atoms with Gasteiger partial charge in [-0.05, 0) is 42.7 Å². The SMILES string of the molecule is CCCC(C)(C)C(CC)C(C)(C)CCC.CCN.CCN. The Kier molecular flexibility index (Phi) is 18.3. The zero-order chi connectivity index (χ0) is 17.5. The Balaban J connectivity index is -0.000000460. The van der Waals surface area contributed by atoms with E-state index >= 15 is 0 Å². The van der Waals surface area contributed by atoms with Crippen LogP contribution in [0.25, 0.3) is 0 Å². The Morgan fingerprint density at radius 2 is 0.905 bits per heavy atom. The lowest BCUT2D eigenvalue weighted by Crippen LogP contribution is -2.36. The van der Waals surface area contributed by atoms with E-state index in [2.05, 4.69) is 48.5 Å². The molecule has 0 aliphatic carbocycles. The average Bonchev–Trinajstić information content (AvgIpc) is 2.30. The summed E-state index contributed by atoms with van der Waals surface area (Å²) in [4.78, 5) is 0. The molecule has 0 rings (SSSR count). The molecule has 4 N–H and O–H groups in total. The van der Waals surface area contributed by atoms with E-state index in [1.807, 2.05) is 13.8 Å². The fourth-order valence-corrected chi connectivity index (χ4v) is 3.80. The van der Waals surface area contributed by atoms with Crippen molar-refractivity contribution in [3.8, 4) is 0 Å². The molecule has 0 fully saturated rings. The Morgan fingerprint density at radius 3 is 1.05 bits per heavy atom. The summed E-state index contributed by atoms with van der Waals surface area (Å²) in [6, 6.07) is 0. The van der Waals surface area contributed by atoms with E-state index in [0.29, 0.717) is 10.8 Å². The van der Waals surface area contributed by atoms with Crippen molar-refractivity contribution in [1.29, 1.82) is 0 Å². The minimum absolute atomic E-state index is 0.502. The number of rotatable bonds is 7. The second-order valence-electron chi connectivity index (χ2n) is 7.25. The van der Waals surface area contributed by atoms with Crippen molar-refractivity contribution in [2.45, 2.75) is 94.4 Å². The van der Waals surface area contributed by atoms with Crippen molar-refractivity contribution in [1.82, 2.24) is 0 Å². The van der Waals surface area contributed by atoms with Crippen LogP contribution in [0.15, 0.2) is 0 Å². The van der Waals surface area contributed by atoms with Crippen molar-refractivity contribution < 1.29 is 0 Å². The van der Waals surface area contributed by atoms with Crippen LogP contribution in [0, 0.1) is 16.7 Å². The summed E-state index contributed by atoms with van der Waals surface area (Å²) in [6.45, 7) is 22.1. The van der Waals surface area contributed by atoms with Gasteiger partial charge in [-0.15, -0.1) is 0 Å². The van der Waals surface area contributed by atoms with E-state index in [-0.39, 0.29) is 0 Å². The van der Waals surface area contributed by atoms with Crippen molar-refractivity contribution in [2.75, 3.05) is 13.1 Å². The lowest BCUT2D eigenvalue weighted by Gasteiger charge is -2.44. The molecule has 2 heteroatoms. The summed E-state index contributed by atoms with van der Waals surface area (Å²) in [5.41, 5.74) is 10.7. The molecular weight excluding hydrogens is 256 g/mol. The minimum Gasteiger partial charge on any atom is -0.331 e. The van der Waals surface area contributed by atoms with Crippen LogP contribution < -0.4 is 11.5 Å². The van der Waals surface area contributed by atoms with Crippen molar-refractivity contribution >= 4 is 0 Å². The smallest absolute Gasteiger partial charge is 0.0106 e. The molecule has 0 aliphatic heterocycles. The van der Waals surface area contributed by atoms with E-state index in [9.17, 15) is 0 Å². The first-order valence-corrected chi connectivity index (χ1v) is 9.04. The van der Waals surface area contributed by atoms with Gasteiger partial charge in [0.05, 0.1) is 0 Å². The topological polar surface area (TPSA) is 52.0 Å². The highest BCUT2D eigenvalue weighted by Crippen LogP contribution is 2.47. The Morgan fingerprint density at radius 1 is 0.667 bits per heavy atom. The van der Waals surface area contributed by atoms with Gasteiger partial charge in [0.2, 0.25) is 0 Å². The monoisotopic (exact) mass is 302 g/mol. The molecule has 0 heterocycles. The number of hydrogen-bond acceptors (Lipinski definition) is 2. The first-order chi connectivity index (χ1) is 9.64. The van der Waals surface area contributed by atoms with Gasteiger partial charge in [-0.3, -0.25) is 0 Å². The third-order valence-electron chi connectivity index (χ3n) is 4.08. The highest BCUT2D eigenvalue weighted by molar-refractivity contribution is 4.87. The fourth-order valence-electron chi connectivity index (χ4n) is 3.80. The highest BCUT2D eigenvalue weighted by atomic mass is 14.5. The first-order valence-electron chi connectivity index (χ1n) is 9.04. The van der Waals surface area contributed by atoms with Crippen molar-refractivity contribution in [2.24, 2.45) is 28.2 Å². The van der Waals surface area contributed by atoms with Crippen LogP contribution in [0.2, 0.25) is 0 Å². The maximum Gasteiger partial charge on any atom is -0.0106 e. The van der Waals surface area contributed by atoms with Gasteiger partial charge < -0.3 is 11.5 Å². The van der Waals surface area contributed by atoms with E-state index in [4.69, 9.17) is 11.5 Å². The summed E-state index contributed by atoms with van der Waals surface area (Å²) < 4.78 is 0. The first kappa shape index (κ1) is 25.9. The number of hydrogen-bond donors (Lipinski definition) is 2. The molecule has 21 heavy (non-hydrogen) atoms. The lowest BCUT2D eigenvalue weighted by atomic mass is 9.61. The molecule has 0 spiro atoms. The zero-order valence-electron chi connectivity index (χ0n) is 16.7. The summed E-state index contributed by atoms with van der Waals surface area (Å²) in [5, 5.41) is 0. The molecule has 0 saturated heterocycles. The van der Waals surface area contributed by atoms with Crippen molar-refractivity contribution in [3.05, 3.63) is 0 Å². The van der Waals surface area contributed by atoms with Gasteiger partial charge in [0, 0.05) is 0 Å². The van der Waals surface area contributed by atoms with Crippen LogP contribution in [-0.2, 0) is 0 Å².